The van der Waals surface area contributed by atoms with Gasteiger partial charge >= 0.3 is 0 Å². The standard InChI is InChI=1S/C15H16N4O2S/c1-10-11(2)17-15(18-14(10)21)22-9-13(20)19-16-8-12-6-4-3-5-7-12/h3-8H,9H2,1-2H3,(H,19,20)(H,17,18,21). The molecule has 2 rings (SSSR count). The molecule has 1 aromatic carbocycles. The lowest BCUT2D eigenvalue weighted by Crippen LogP contribution is -2.20. The number of aryl methyl sites for hydroxylation is 1. The average molecular weight is 316 g/mol. The van der Waals surface area contributed by atoms with Gasteiger partial charge in [-0.2, -0.15) is 5.10 Å². The molecular weight excluding hydrogens is 300 g/mol. The Labute approximate surface area is 132 Å². The van der Waals surface area contributed by atoms with E-state index in [0.29, 0.717) is 16.4 Å². The summed E-state index contributed by atoms with van der Waals surface area (Å²) >= 11 is 1.16. The van der Waals surface area contributed by atoms with Crippen molar-refractivity contribution in [2.24, 2.45) is 5.10 Å². The lowest BCUT2D eigenvalue weighted by molar-refractivity contribution is -0.118. The molecular formula is C15H16N4O2S. The van der Waals surface area contributed by atoms with Gasteiger partial charge in [0.15, 0.2) is 5.16 Å². The third-order valence-corrected chi connectivity index (χ3v) is 3.79. The fraction of sp³-hybridized carbons (Fsp3) is 0.200. The van der Waals surface area contributed by atoms with Crippen molar-refractivity contribution in [3.63, 3.8) is 0 Å². The van der Waals surface area contributed by atoms with Gasteiger partial charge in [-0.05, 0) is 19.4 Å². The van der Waals surface area contributed by atoms with Gasteiger partial charge in [-0.25, -0.2) is 10.4 Å². The van der Waals surface area contributed by atoms with E-state index in [2.05, 4.69) is 20.5 Å². The first-order valence-electron chi connectivity index (χ1n) is 6.63. The molecule has 0 fully saturated rings. The van der Waals surface area contributed by atoms with Crippen molar-refractivity contribution < 1.29 is 4.79 Å². The zero-order valence-corrected chi connectivity index (χ0v) is 13.1. The van der Waals surface area contributed by atoms with E-state index in [1.165, 1.54) is 0 Å². The monoisotopic (exact) mass is 316 g/mol. The summed E-state index contributed by atoms with van der Waals surface area (Å²) in [6, 6.07) is 9.45. The number of nitrogens with zero attached hydrogens (tertiary/aromatic N) is 2. The zero-order valence-electron chi connectivity index (χ0n) is 12.3. The molecule has 2 aromatic rings. The summed E-state index contributed by atoms with van der Waals surface area (Å²) in [6.07, 6.45) is 1.57. The normalized spacial score (nSPS) is 10.8. The molecule has 7 heteroatoms. The molecule has 6 nitrogen and oxygen atoms in total. The topological polar surface area (TPSA) is 87.2 Å². The molecule has 0 aliphatic carbocycles. The number of amides is 1. The minimum Gasteiger partial charge on any atom is -0.301 e. The molecule has 0 aliphatic heterocycles. The number of thioether (sulfide) groups is 1. The highest BCUT2D eigenvalue weighted by Crippen LogP contribution is 2.11. The Kier molecular flexibility index (Phi) is 5.48. The van der Waals surface area contributed by atoms with Gasteiger partial charge in [0.1, 0.15) is 0 Å². The first-order valence-corrected chi connectivity index (χ1v) is 7.62. The van der Waals surface area contributed by atoms with Crippen molar-refractivity contribution in [2.45, 2.75) is 19.0 Å². The van der Waals surface area contributed by atoms with Gasteiger partial charge in [0.05, 0.1) is 12.0 Å². The van der Waals surface area contributed by atoms with Crippen LogP contribution in [0.15, 0.2) is 45.4 Å². The quantitative estimate of drug-likeness (QED) is 0.380. The summed E-state index contributed by atoms with van der Waals surface area (Å²) in [5.41, 5.74) is 4.39. The van der Waals surface area contributed by atoms with E-state index < -0.39 is 0 Å². The van der Waals surface area contributed by atoms with Gasteiger partial charge in [0, 0.05) is 11.3 Å². The number of aromatic amines is 1. The first kappa shape index (κ1) is 16.0. The Morgan fingerprint density at radius 3 is 2.77 bits per heavy atom. The van der Waals surface area contributed by atoms with Gasteiger partial charge in [-0.3, -0.25) is 9.59 Å². The van der Waals surface area contributed by atoms with Gasteiger partial charge in [0.25, 0.3) is 11.5 Å². The maximum absolute atomic E-state index is 11.7. The van der Waals surface area contributed by atoms with E-state index in [9.17, 15) is 9.59 Å². The summed E-state index contributed by atoms with van der Waals surface area (Å²) in [7, 11) is 0. The summed E-state index contributed by atoms with van der Waals surface area (Å²) in [4.78, 5) is 30.1. The summed E-state index contributed by atoms with van der Waals surface area (Å²) in [5.74, 6) is -0.143. The third kappa shape index (κ3) is 4.56. The van der Waals surface area contributed by atoms with Crippen LogP contribution in [0, 0.1) is 13.8 Å². The number of hydrogen-bond donors (Lipinski definition) is 2. The van der Waals surface area contributed by atoms with E-state index in [4.69, 9.17) is 0 Å². The van der Waals surface area contributed by atoms with Gasteiger partial charge < -0.3 is 4.98 Å². The average Bonchev–Trinajstić information content (AvgIpc) is 2.51. The number of aromatic nitrogens is 2. The van der Waals surface area contributed by atoms with Crippen LogP contribution in [-0.2, 0) is 4.79 Å². The SMILES string of the molecule is Cc1nc(SCC(=O)NN=Cc2ccccc2)[nH]c(=O)c1C. The van der Waals surface area contributed by atoms with Crippen molar-refractivity contribution in [3.8, 4) is 0 Å². The van der Waals surface area contributed by atoms with Crippen molar-refractivity contribution in [1.82, 2.24) is 15.4 Å². The molecule has 1 amide bonds. The minimum atomic E-state index is -0.266. The van der Waals surface area contributed by atoms with Gasteiger partial charge in [-0.1, -0.05) is 42.1 Å². The predicted molar refractivity (Wildman–Crippen MR) is 87.2 cm³/mol. The molecule has 0 saturated heterocycles. The number of carbonyl (C=O) groups excluding carboxylic acids is 1. The van der Waals surface area contributed by atoms with Gasteiger partial charge in [-0.15, -0.1) is 0 Å². The Bertz CT molecular complexity index is 741. The maximum atomic E-state index is 11.7. The fourth-order valence-electron chi connectivity index (χ4n) is 1.57. The minimum absolute atomic E-state index is 0.123. The number of benzene rings is 1. The summed E-state index contributed by atoms with van der Waals surface area (Å²) in [6.45, 7) is 3.47. The highest BCUT2D eigenvalue weighted by atomic mass is 32.2. The first-order chi connectivity index (χ1) is 10.6. The van der Waals surface area contributed by atoms with Crippen LogP contribution < -0.4 is 11.0 Å². The second-order valence-electron chi connectivity index (χ2n) is 4.57. The molecule has 114 valence electrons. The van der Waals surface area contributed by atoms with E-state index in [1.807, 2.05) is 30.3 Å². The number of rotatable bonds is 5. The number of carbonyl (C=O) groups is 1. The lowest BCUT2D eigenvalue weighted by atomic mass is 10.2. The van der Waals surface area contributed by atoms with E-state index in [1.54, 1.807) is 20.1 Å². The molecule has 22 heavy (non-hydrogen) atoms. The second-order valence-corrected chi connectivity index (χ2v) is 5.54. The van der Waals surface area contributed by atoms with Crippen LogP contribution in [0.25, 0.3) is 0 Å². The molecule has 1 heterocycles. The number of H-pyrrole nitrogens is 1. The van der Waals surface area contributed by atoms with Crippen molar-refractivity contribution in [3.05, 3.63) is 57.5 Å². The van der Waals surface area contributed by atoms with Crippen molar-refractivity contribution in [2.75, 3.05) is 5.75 Å². The predicted octanol–water partition coefficient (Wildman–Crippen LogP) is 1.63. The number of nitrogens with one attached hydrogen (secondary N) is 2. The van der Waals surface area contributed by atoms with Gasteiger partial charge in [0.2, 0.25) is 0 Å². The van der Waals surface area contributed by atoms with E-state index >= 15 is 0 Å². The van der Waals surface area contributed by atoms with Crippen LogP contribution in [0.3, 0.4) is 0 Å². The smallest absolute Gasteiger partial charge is 0.254 e. The Morgan fingerprint density at radius 2 is 2.09 bits per heavy atom. The summed E-state index contributed by atoms with van der Waals surface area (Å²) in [5, 5.41) is 4.30. The summed E-state index contributed by atoms with van der Waals surface area (Å²) < 4.78 is 0. The molecule has 0 spiro atoms. The highest BCUT2D eigenvalue weighted by molar-refractivity contribution is 7.99. The molecule has 0 atom stereocenters. The van der Waals surface area contributed by atoms with Crippen LogP contribution in [0.1, 0.15) is 16.8 Å². The Morgan fingerprint density at radius 1 is 1.36 bits per heavy atom. The van der Waals surface area contributed by atoms with Crippen LogP contribution in [-0.4, -0.2) is 27.8 Å². The van der Waals surface area contributed by atoms with Crippen LogP contribution in [0.5, 0.6) is 0 Å². The van der Waals surface area contributed by atoms with Crippen molar-refractivity contribution in [1.29, 1.82) is 0 Å². The molecule has 1 aromatic heterocycles. The molecule has 0 aliphatic rings. The van der Waals surface area contributed by atoms with Crippen LogP contribution >= 0.6 is 11.8 Å². The molecule has 0 bridgehead atoms. The molecule has 0 radical (unpaired) electrons. The number of hydrogen-bond acceptors (Lipinski definition) is 5. The third-order valence-electron chi connectivity index (χ3n) is 2.92. The Balaban J connectivity index is 1.86. The van der Waals surface area contributed by atoms with Crippen molar-refractivity contribution >= 4 is 23.9 Å². The maximum Gasteiger partial charge on any atom is 0.254 e. The molecule has 2 N–H and O–H groups in total. The van der Waals surface area contributed by atoms with E-state index in [-0.39, 0.29) is 17.2 Å². The zero-order chi connectivity index (χ0) is 15.9. The van der Waals surface area contributed by atoms with Crippen LogP contribution in [0.2, 0.25) is 0 Å². The highest BCUT2D eigenvalue weighted by Gasteiger charge is 2.06. The second kappa shape index (κ2) is 7.56. The van der Waals surface area contributed by atoms with Crippen LogP contribution in [0.4, 0.5) is 0 Å². The van der Waals surface area contributed by atoms with E-state index in [0.717, 1.165) is 17.3 Å². The largest absolute Gasteiger partial charge is 0.301 e. The lowest BCUT2D eigenvalue weighted by Gasteiger charge is -2.03. The fourth-order valence-corrected chi connectivity index (χ4v) is 2.27. The number of hydrazone groups is 1. The molecule has 0 unspecified atom stereocenters. The molecule has 0 saturated carbocycles. The Hall–Kier alpha value is -2.41.